The molecule has 0 bridgehead atoms. The quantitative estimate of drug-likeness (QED) is 0.830. The molecule has 4 nitrogen and oxygen atoms in total. The van der Waals surface area contributed by atoms with Gasteiger partial charge in [0.2, 0.25) is 0 Å². The van der Waals surface area contributed by atoms with Gasteiger partial charge in [0.25, 0.3) is 5.91 Å². The van der Waals surface area contributed by atoms with Crippen molar-refractivity contribution in [1.29, 1.82) is 0 Å². The van der Waals surface area contributed by atoms with Crippen LogP contribution in [-0.2, 0) is 0 Å². The predicted octanol–water partition coefficient (Wildman–Crippen LogP) is 2.82. The third-order valence-corrected chi connectivity index (χ3v) is 2.90. The molecule has 4 heteroatoms. The largest absolute Gasteiger partial charge is 0.363 e. The number of benzene rings is 1. The highest BCUT2D eigenvalue weighted by atomic mass is 16.5. The first kappa shape index (κ1) is 12.4. The van der Waals surface area contributed by atoms with Crippen molar-refractivity contribution in [3.05, 3.63) is 42.2 Å². The van der Waals surface area contributed by atoms with Gasteiger partial charge in [-0.3, -0.25) is 4.79 Å². The van der Waals surface area contributed by atoms with Crippen LogP contribution in [0.1, 0.15) is 24.2 Å². The first-order valence-corrected chi connectivity index (χ1v) is 6.07. The van der Waals surface area contributed by atoms with Gasteiger partial charge in [-0.25, -0.2) is 0 Å². The molecule has 1 aromatic carbocycles. The number of hydrogen-bond acceptors (Lipinski definition) is 3. The highest BCUT2D eigenvalue weighted by Crippen LogP contribution is 2.22. The fourth-order valence-corrected chi connectivity index (χ4v) is 1.87. The van der Waals surface area contributed by atoms with E-state index in [4.69, 9.17) is 4.52 Å². The van der Waals surface area contributed by atoms with Crippen molar-refractivity contribution in [2.75, 3.05) is 13.1 Å². The van der Waals surface area contributed by atoms with Crippen LogP contribution in [0.25, 0.3) is 11.3 Å². The van der Waals surface area contributed by atoms with Crippen LogP contribution < -0.4 is 0 Å². The van der Waals surface area contributed by atoms with Crippen molar-refractivity contribution < 1.29 is 9.32 Å². The first-order valence-electron chi connectivity index (χ1n) is 6.07. The Morgan fingerprint density at radius 1 is 1.22 bits per heavy atom. The standard InChI is InChI=1S/C14H16N2O2/c1-3-16(4-2)14(17)12-10-18-15-13(12)11-8-6-5-7-9-11/h5-10H,3-4H2,1-2H3. The molecule has 1 heterocycles. The zero-order chi connectivity index (χ0) is 13.0. The van der Waals surface area contributed by atoms with Crippen molar-refractivity contribution in [1.82, 2.24) is 10.1 Å². The van der Waals surface area contributed by atoms with Gasteiger partial charge in [0.1, 0.15) is 17.5 Å². The van der Waals surface area contributed by atoms with Gasteiger partial charge in [-0.2, -0.15) is 0 Å². The van der Waals surface area contributed by atoms with Gasteiger partial charge in [0.05, 0.1) is 0 Å². The molecular formula is C14H16N2O2. The Bertz CT molecular complexity index is 516. The summed E-state index contributed by atoms with van der Waals surface area (Å²) in [5.74, 6) is -0.0416. The second kappa shape index (κ2) is 5.49. The summed E-state index contributed by atoms with van der Waals surface area (Å²) < 4.78 is 4.96. The Balaban J connectivity index is 2.37. The van der Waals surface area contributed by atoms with Gasteiger partial charge >= 0.3 is 0 Å². The SMILES string of the molecule is CCN(CC)C(=O)c1conc1-c1ccccc1. The molecule has 0 spiro atoms. The highest BCUT2D eigenvalue weighted by Gasteiger charge is 2.20. The molecule has 0 radical (unpaired) electrons. The summed E-state index contributed by atoms with van der Waals surface area (Å²) in [6.45, 7) is 5.26. The van der Waals surface area contributed by atoms with E-state index < -0.39 is 0 Å². The lowest BCUT2D eigenvalue weighted by atomic mass is 10.1. The smallest absolute Gasteiger partial charge is 0.259 e. The van der Waals surface area contributed by atoms with E-state index in [1.54, 1.807) is 4.90 Å². The average molecular weight is 244 g/mol. The second-order valence-corrected chi connectivity index (χ2v) is 3.92. The Morgan fingerprint density at radius 3 is 2.50 bits per heavy atom. The van der Waals surface area contributed by atoms with E-state index in [9.17, 15) is 4.79 Å². The van der Waals surface area contributed by atoms with E-state index in [1.807, 2.05) is 44.2 Å². The van der Waals surface area contributed by atoms with Gasteiger partial charge < -0.3 is 9.42 Å². The van der Waals surface area contributed by atoms with Crippen molar-refractivity contribution >= 4 is 5.91 Å². The topological polar surface area (TPSA) is 46.3 Å². The van der Waals surface area contributed by atoms with Crippen LogP contribution in [0.4, 0.5) is 0 Å². The molecular weight excluding hydrogens is 228 g/mol. The molecule has 0 saturated heterocycles. The van der Waals surface area contributed by atoms with Crippen molar-refractivity contribution in [3.8, 4) is 11.3 Å². The number of aromatic nitrogens is 1. The highest BCUT2D eigenvalue weighted by molar-refractivity contribution is 5.99. The number of nitrogens with zero attached hydrogens (tertiary/aromatic N) is 2. The summed E-state index contributed by atoms with van der Waals surface area (Å²) >= 11 is 0. The predicted molar refractivity (Wildman–Crippen MR) is 69.2 cm³/mol. The van der Waals surface area contributed by atoms with Crippen LogP contribution in [0.5, 0.6) is 0 Å². The molecule has 0 aliphatic heterocycles. The van der Waals surface area contributed by atoms with E-state index in [1.165, 1.54) is 6.26 Å². The van der Waals surface area contributed by atoms with Crippen LogP contribution in [-0.4, -0.2) is 29.1 Å². The van der Waals surface area contributed by atoms with Gasteiger partial charge in [0.15, 0.2) is 0 Å². The zero-order valence-corrected chi connectivity index (χ0v) is 10.6. The molecule has 1 amide bonds. The fraction of sp³-hybridized carbons (Fsp3) is 0.286. The minimum atomic E-state index is -0.0416. The maximum absolute atomic E-state index is 12.3. The van der Waals surface area contributed by atoms with Crippen molar-refractivity contribution in [3.63, 3.8) is 0 Å². The summed E-state index contributed by atoms with van der Waals surface area (Å²) in [7, 11) is 0. The lowest BCUT2D eigenvalue weighted by Gasteiger charge is -2.17. The Morgan fingerprint density at radius 2 is 1.89 bits per heavy atom. The minimum absolute atomic E-state index is 0.0416. The molecule has 2 rings (SSSR count). The van der Waals surface area contributed by atoms with Gasteiger partial charge in [-0.1, -0.05) is 35.5 Å². The van der Waals surface area contributed by atoms with Gasteiger partial charge in [0, 0.05) is 18.7 Å². The molecule has 0 saturated carbocycles. The molecule has 0 fully saturated rings. The van der Waals surface area contributed by atoms with E-state index >= 15 is 0 Å². The minimum Gasteiger partial charge on any atom is -0.363 e. The van der Waals surface area contributed by atoms with Gasteiger partial charge in [-0.05, 0) is 13.8 Å². The van der Waals surface area contributed by atoms with E-state index in [0.29, 0.717) is 24.3 Å². The monoisotopic (exact) mass is 244 g/mol. The van der Waals surface area contributed by atoms with Crippen LogP contribution in [0.2, 0.25) is 0 Å². The number of rotatable bonds is 4. The van der Waals surface area contributed by atoms with Crippen molar-refractivity contribution in [2.45, 2.75) is 13.8 Å². The number of carbonyl (C=O) groups is 1. The van der Waals surface area contributed by atoms with Crippen LogP contribution in [0, 0.1) is 0 Å². The summed E-state index contributed by atoms with van der Waals surface area (Å²) in [6, 6.07) is 9.58. The summed E-state index contributed by atoms with van der Waals surface area (Å²) in [5, 5.41) is 3.94. The third kappa shape index (κ3) is 2.27. The van der Waals surface area contributed by atoms with Crippen molar-refractivity contribution in [2.24, 2.45) is 0 Å². The normalized spacial score (nSPS) is 10.3. The average Bonchev–Trinajstić information content (AvgIpc) is 2.90. The Kier molecular flexibility index (Phi) is 3.77. The molecule has 94 valence electrons. The van der Waals surface area contributed by atoms with Gasteiger partial charge in [-0.15, -0.1) is 0 Å². The third-order valence-electron chi connectivity index (χ3n) is 2.90. The second-order valence-electron chi connectivity index (χ2n) is 3.92. The maximum Gasteiger partial charge on any atom is 0.259 e. The summed E-state index contributed by atoms with van der Waals surface area (Å²) in [6.07, 6.45) is 1.42. The molecule has 0 aliphatic carbocycles. The first-order chi connectivity index (χ1) is 8.77. The van der Waals surface area contributed by atoms with E-state index in [0.717, 1.165) is 5.56 Å². The molecule has 0 N–H and O–H groups in total. The molecule has 18 heavy (non-hydrogen) atoms. The van der Waals surface area contributed by atoms with Crippen LogP contribution in [0.15, 0.2) is 41.1 Å². The molecule has 0 atom stereocenters. The Hall–Kier alpha value is -2.10. The molecule has 2 aromatic rings. The van der Waals surface area contributed by atoms with E-state index in [2.05, 4.69) is 5.16 Å². The Labute approximate surface area is 106 Å². The number of hydrogen-bond donors (Lipinski definition) is 0. The zero-order valence-electron chi connectivity index (χ0n) is 10.6. The van der Waals surface area contributed by atoms with Crippen LogP contribution in [0.3, 0.4) is 0 Å². The lowest BCUT2D eigenvalue weighted by Crippen LogP contribution is -2.30. The number of carbonyl (C=O) groups excluding carboxylic acids is 1. The summed E-state index contributed by atoms with van der Waals surface area (Å²) in [5.41, 5.74) is 2.01. The lowest BCUT2D eigenvalue weighted by molar-refractivity contribution is 0.0773. The maximum atomic E-state index is 12.3. The molecule has 1 aromatic heterocycles. The number of amides is 1. The summed E-state index contributed by atoms with van der Waals surface area (Å²) in [4.78, 5) is 14.0. The van der Waals surface area contributed by atoms with Crippen LogP contribution >= 0.6 is 0 Å². The fourth-order valence-electron chi connectivity index (χ4n) is 1.87. The molecule has 0 unspecified atom stereocenters. The molecule has 0 aliphatic rings. The van der Waals surface area contributed by atoms with E-state index in [-0.39, 0.29) is 5.91 Å².